The molecular weight excluding hydrogens is 517 g/mol. The molecule has 1 aliphatic rings. The lowest BCUT2D eigenvalue weighted by Gasteiger charge is -2.34. The highest BCUT2D eigenvalue weighted by Gasteiger charge is 2.21. The highest BCUT2D eigenvalue weighted by atomic mass is 19.1. The number of nitrogens with zero attached hydrogens (tertiary/aromatic N) is 6. The molecule has 4 aromatic heterocycles. The minimum Gasteiger partial charge on any atom is -0.367 e. The summed E-state index contributed by atoms with van der Waals surface area (Å²) in [5.41, 5.74) is 7.17. The first-order chi connectivity index (χ1) is 20.1. The molecule has 206 valence electrons. The summed E-state index contributed by atoms with van der Waals surface area (Å²) in [5.74, 6) is 0.252. The van der Waals surface area contributed by atoms with Crippen LogP contribution in [0.15, 0.2) is 73.2 Å². The number of hydrogen-bond acceptors (Lipinski definition) is 7. The highest BCUT2D eigenvalue weighted by Crippen LogP contribution is 2.33. The van der Waals surface area contributed by atoms with Gasteiger partial charge in [0.25, 0.3) is 0 Å². The van der Waals surface area contributed by atoms with Gasteiger partial charge in [-0.2, -0.15) is 5.10 Å². The molecule has 1 saturated heterocycles. The number of H-pyrrole nitrogens is 2. The van der Waals surface area contributed by atoms with Crippen LogP contribution in [0.4, 0.5) is 10.1 Å². The van der Waals surface area contributed by atoms with Crippen molar-refractivity contribution >= 4 is 27.8 Å². The van der Waals surface area contributed by atoms with Gasteiger partial charge >= 0.3 is 0 Å². The van der Waals surface area contributed by atoms with Crippen LogP contribution in [0, 0.1) is 5.82 Å². The van der Waals surface area contributed by atoms with E-state index >= 15 is 4.39 Å². The topological polar surface area (TPSA) is 102 Å². The molecule has 0 bridgehead atoms. The zero-order chi connectivity index (χ0) is 27.8. The number of pyridine rings is 2. The average Bonchev–Trinajstić information content (AvgIpc) is 3.62. The van der Waals surface area contributed by atoms with Gasteiger partial charge in [-0.25, -0.2) is 14.4 Å². The molecule has 0 aliphatic carbocycles. The zero-order valence-electron chi connectivity index (χ0n) is 22.7. The number of aromatic nitrogens is 6. The fourth-order valence-electron chi connectivity index (χ4n) is 5.44. The van der Waals surface area contributed by atoms with E-state index < -0.39 is 0 Å². The number of benzene rings is 2. The largest absolute Gasteiger partial charge is 0.367 e. The van der Waals surface area contributed by atoms with Crippen LogP contribution in [-0.4, -0.2) is 68.3 Å². The Hall–Kier alpha value is -4.67. The quantitative estimate of drug-likeness (QED) is 0.265. The third kappa shape index (κ3) is 5.03. The van der Waals surface area contributed by atoms with Gasteiger partial charge in [0, 0.05) is 80.4 Å². The van der Waals surface area contributed by atoms with E-state index in [1.807, 2.05) is 36.4 Å². The summed E-state index contributed by atoms with van der Waals surface area (Å²) in [6.07, 6.45) is 5.30. The van der Waals surface area contributed by atoms with Crippen LogP contribution < -0.4 is 10.2 Å². The van der Waals surface area contributed by atoms with E-state index in [-0.39, 0.29) is 5.82 Å². The Morgan fingerprint density at radius 3 is 2.63 bits per heavy atom. The van der Waals surface area contributed by atoms with Crippen molar-refractivity contribution in [2.24, 2.45) is 0 Å². The van der Waals surface area contributed by atoms with Crippen LogP contribution in [-0.2, 0) is 13.1 Å². The van der Waals surface area contributed by atoms with Crippen molar-refractivity contribution in [2.75, 3.05) is 38.1 Å². The fourth-order valence-corrected chi connectivity index (χ4v) is 5.44. The fraction of sp³-hybridized carbons (Fsp3) is 0.226. The van der Waals surface area contributed by atoms with Gasteiger partial charge in [0.2, 0.25) is 0 Å². The van der Waals surface area contributed by atoms with E-state index in [1.54, 1.807) is 18.6 Å². The third-order valence-corrected chi connectivity index (χ3v) is 7.70. The zero-order valence-corrected chi connectivity index (χ0v) is 22.7. The molecule has 41 heavy (non-hydrogen) atoms. The van der Waals surface area contributed by atoms with Crippen LogP contribution in [0.3, 0.4) is 0 Å². The second-order valence-electron chi connectivity index (χ2n) is 10.5. The number of piperazine rings is 1. The Morgan fingerprint density at radius 2 is 1.78 bits per heavy atom. The van der Waals surface area contributed by atoms with E-state index in [1.165, 1.54) is 11.6 Å². The van der Waals surface area contributed by atoms with Crippen molar-refractivity contribution in [2.45, 2.75) is 13.1 Å². The van der Waals surface area contributed by atoms with Crippen LogP contribution in [0.1, 0.15) is 11.1 Å². The summed E-state index contributed by atoms with van der Waals surface area (Å²) in [7, 11) is 2.14. The molecule has 0 saturated carbocycles. The summed E-state index contributed by atoms with van der Waals surface area (Å²) in [4.78, 5) is 21.8. The van der Waals surface area contributed by atoms with Gasteiger partial charge in [0.15, 0.2) is 11.5 Å². The lowest BCUT2D eigenvalue weighted by Crippen LogP contribution is -2.44. The van der Waals surface area contributed by atoms with E-state index in [0.29, 0.717) is 40.4 Å². The maximum atomic E-state index is 15.3. The Balaban J connectivity index is 1.19. The second kappa shape index (κ2) is 10.7. The lowest BCUT2D eigenvalue weighted by molar-refractivity contribution is 0.313. The first-order valence-corrected chi connectivity index (χ1v) is 13.8. The number of likely N-dealkylation sites (N-methyl/N-ethyl adjacent to an activating group) is 1. The predicted octanol–water partition coefficient (Wildman–Crippen LogP) is 4.74. The SMILES string of the molecule is CN1CCN(c2ccnc3nc(-c4n[nH]c5cc(F)c(-c6cncc(CNCc7ccccc7)c6)cc45)[nH]c23)CC1. The number of anilines is 1. The monoisotopic (exact) mass is 547 g/mol. The molecule has 3 N–H and O–H groups in total. The van der Waals surface area contributed by atoms with Gasteiger partial charge < -0.3 is 20.1 Å². The van der Waals surface area contributed by atoms with Crippen molar-refractivity contribution in [3.8, 4) is 22.6 Å². The number of rotatable bonds is 7. The predicted molar refractivity (Wildman–Crippen MR) is 159 cm³/mol. The van der Waals surface area contributed by atoms with E-state index in [9.17, 15) is 0 Å². The third-order valence-electron chi connectivity index (χ3n) is 7.70. The van der Waals surface area contributed by atoms with Gasteiger partial charge in [0.05, 0.1) is 11.2 Å². The minimum atomic E-state index is -0.340. The highest BCUT2D eigenvalue weighted by molar-refractivity contribution is 5.97. The van der Waals surface area contributed by atoms with Crippen LogP contribution in [0.2, 0.25) is 0 Å². The summed E-state index contributed by atoms with van der Waals surface area (Å²) >= 11 is 0. The molecule has 0 spiro atoms. The number of hydrogen-bond donors (Lipinski definition) is 3. The number of nitrogens with one attached hydrogen (secondary N) is 3. The standard InChI is InChI=1S/C31H30FN9/c1-40-9-11-41(12-10-40)27-7-8-35-30-29(27)36-31(37-30)28-24-14-23(25(32)15-26(24)38-39-28)22-13-21(18-34-19-22)17-33-16-20-5-3-2-4-6-20/h2-8,13-15,18-19,33H,9-12,16-17H2,1H3,(H,38,39)(H,35,36,37). The van der Waals surface area contributed by atoms with Gasteiger partial charge in [-0.1, -0.05) is 30.3 Å². The number of fused-ring (bicyclic) bond motifs is 2. The molecule has 9 nitrogen and oxygen atoms in total. The van der Waals surface area contributed by atoms with E-state index in [0.717, 1.165) is 54.9 Å². The van der Waals surface area contributed by atoms with Crippen molar-refractivity contribution in [1.29, 1.82) is 0 Å². The molecular formula is C31H30FN9. The van der Waals surface area contributed by atoms with Crippen molar-refractivity contribution in [3.63, 3.8) is 0 Å². The minimum absolute atomic E-state index is 0.340. The number of aromatic amines is 2. The number of imidazole rings is 1. The maximum Gasteiger partial charge on any atom is 0.180 e. The van der Waals surface area contributed by atoms with Crippen molar-refractivity contribution in [1.82, 2.24) is 40.3 Å². The normalized spacial score (nSPS) is 14.3. The van der Waals surface area contributed by atoms with E-state index in [4.69, 9.17) is 4.98 Å². The van der Waals surface area contributed by atoms with Crippen LogP contribution >= 0.6 is 0 Å². The Morgan fingerprint density at radius 1 is 0.951 bits per heavy atom. The Labute approximate surface area is 236 Å². The molecule has 0 atom stereocenters. The maximum absolute atomic E-state index is 15.3. The smallest absolute Gasteiger partial charge is 0.180 e. The molecule has 0 radical (unpaired) electrons. The molecule has 1 aliphatic heterocycles. The Bertz CT molecular complexity index is 1820. The summed E-state index contributed by atoms with van der Waals surface area (Å²) in [6.45, 7) is 5.25. The van der Waals surface area contributed by atoms with Gasteiger partial charge in [-0.05, 0) is 36.4 Å². The Kier molecular flexibility index (Phi) is 6.62. The van der Waals surface area contributed by atoms with Crippen LogP contribution in [0.5, 0.6) is 0 Å². The molecule has 0 unspecified atom stereocenters. The van der Waals surface area contributed by atoms with Crippen molar-refractivity contribution < 1.29 is 4.39 Å². The summed E-state index contributed by atoms with van der Waals surface area (Å²) in [6, 6.07) is 17.5. The lowest BCUT2D eigenvalue weighted by atomic mass is 10.0. The molecule has 2 aromatic carbocycles. The first kappa shape index (κ1) is 25.3. The molecule has 6 aromatic rings. The van der Waals surface area contributed by atoms with Gasteiger partial charge in [-0.15, -0.1) is 0 Å². The molecule has 1 fully saturated rings. The van der Waals surface area contributed by atoms with E-state index in [2.05, 4.69) is 59.4 Å². The molecule has 5 heterocycles. The average molecular weight is 548 g/mol. The molecule has 0 amide bonds. The van der Waals surface area contributed by atoms with Gasteiger partial charge in [-0.3, -0.25) is 10.1 Å². The summed E-state index contributed by atoms with van der Waals surface area (Å²) in [5, 5.41) is 11.7. The second-order valence-corrected chi connectivity index (χ2v) is 10.5. The van der Waals surface area contributed by atoms with Crippen LogP contribution in [0.25, 0.3) is 44.7 Å². The molecule has 10 heteroatoms. The molecule has 7 rings (SSSR count). The van der Waals surface area contributed by atoms with Gasteiger partial charge in [0.1, 0.15) is 17.0 Å². The van der Waals surface area contributed by atoms with Crippen molar-refractivity contribution in [3.05, 3.63) is 90.1 Å². The number of halogens is 1. The summed E-state index contributed by atoms with van der Waals surface area (Å²) < 4.78 is 15.3. The first-order valence-electron chi connectivity index (χ1n) is 13.8.